The minimum Gasteiger partial charge on any atom is -0.452 e. The van der Waals surface area contributed by atoms with Crippen LogP contribution < -0.4 is 0 Å². The molecule has 25 rings (SSSR count). The van der Waals surface area contributed by atoms with Crippen LogP contribution in [0.5, 0.6) is 0 Å². The van der Waals surface area contributed by atoms with Gasteiger partial charge < -0.3 is 35.6 Å². The van der Waals surface area contributed by atoms with E-state index < -0.39 is 0 Å². The van der Waals surface area contributed by atoms with E-state index in [9.17, 15) is 0 Å². The van der Waals surface area contributed by atoms with Gasteiger partial charge in [-0.05, 0) is 225 Å². The molecule has 0 amide bonds. The van der Waals surface area contributed by atoms with Crippen molar-refractivity contribution in [3.05, 3.63) is 326 Å². The zero-order valence-electron chi connectivity index (χ0n) is 55.9. The van der Waals surface area contributed by atoms with E-state index in [-0.39, 0.29) is 5.92 Å². The highest BCUT2D eigenvalue weighted by atomic mass is 16.4. The van der Waals surface area contributed by atoms with Gasteiger partial charge in [0.05, 0.1) is 22.1 Å². The van der Waals surface area contributed by atoms with Crippen molar-refractivity contribution in [2.45, 2.75) is 5.92 Å². The van der Waals surface area contributed by atoms with Gasteiger partial charge in [-0.15, -0.1) is 0 Å². The van der Waals surface area contributed by atoms with Crippen LogP contribution in [-0.4, -0.2) is 9.13 Å². The van der Waals surface area contributed by atoms with E-state index in [0.717, 1.165) is 198 Å². The van der Waals surface area contributed by atoms with E-state index >= 15 is 0 Å². The van der Waals surface area contributed by atoms with Gasteiger partial charge >= 0.3 is 0 Å². The van der Waals surface area contributed by atoms with Crippen molar-refractivity contribution in [3.63, 3.8) is 0 Å². The fourth-order valence-corrected chi connectivity index (χ4v) is 18.2. The summed E-state index contributed by atoms with van der Waals surface area (Å²) in [4.78, 5) is 0. The lowest BCUT2D eigenvalue weighted by molar-refractivity contribution is 0.633. The number of nitrogens with zero attached hydrogens (tertiary/aromatic N) is 2. The molecule has 8 heterocycles. The second-order valence-corrected chi connectivity index (χ2v) is 28.5. The molecular weight excluding hydrogens is 1290 g/mol. The third-order valence-electron chi connectivity index (χ3n) is 23.0. The molecule has 0 unspecified atom stereocenters. The fraction of sp³-hybridized carbons (Fsp3) is 0.0103. The topological polar surface area (TPSA) is 88.7 Å². The molecule has 0 aliphatic heterocycles. The molecule has 0 saturated carbocycles. The molecule has 8 heteroatoms. The molecule has 486 valence electrons. The zero-order valence-corrected chi connectivity index (χ0v) is 55.9. The van der Waals surface area contributed by atoms with Crippen molar-refractivity contribution >= 4 is 175 Å². The Bertz CT molecular complexity index is 7530. The Balaban J connectivity index is 0.631. The molecule has 0 saturated heterocycles. The molecular formula is C97H52N2O6. The Morgan fingerprint density at radius 2 is 0.467 bits per heavy atom. The highest BCUT2D eigenvalue weighted by Gasteiger charge is 2.31. The van der Waals surface area contributed by atoms with Crippen molar-refractivity contribution in [1.82, 2.24) is 9.13 Å². The van der Waals surface area contributed by atoms with E-state index in [1.54, 1.807) is 0 Å². The van der Waals surface area contributed by atoms with Crippen LogP contribution in [0.4, 0.5) is 0 Å². The third-order valence-corrected chi connectivity index (χ3v) is 23.0. The minimum atomic E-state index is 0.121. The SMILES string of the molecule is c1ccc2c(c1)-c1ccccc1C2c1ccc2oc3c(ccc4c5cc(-c6cc(-c7ccc8oc9c(ccc%10c%11cc(-n%12c%13ccccc%13c%13ccccc%13%12)ccc%11oc%109)c8c7)cc(-c7ccc8oc9c(ccc%10c%11cc(-n%12c%13ccccc%13c%13ccccc%13%12)ccc%11oc%109)c8c7)c6)ccc5oc43)c2c1. The van der Waals surface area contributed by atoms with Gasteiger partial charge in [0.2, 0.25) is 0 Å². The maximum absolute atomic E-state index is 6.89. The number of hydrogen-bond donors (Lipinski definition) is 0. The summed E-state index contributed by atoms with van der Waals surface area (Å²) < 4.78 is 45.8. The van der Waals surface area contributed by atoms with E-state index in [4.69, 9.17) is 26.5 Å². The average Bonchev–Trinajstić information content (AvgIpc) is 1.59. The summed E-state index contributed by atoms with van der Waals surface area (Å²) in [6, 6.07) is 112. The molecule has 8 aromatic heterocycles. The van der Waals surface area contributed by atoms with Gasteiger partial charge in [0.1, 0.15) is 33.5 Å². The number of para-hydroxylation sites is 4. The van der Waals surface area contributed by atoms with E-state index in [2.05, 4.69) is 319 Å². The van der Waals surface area contributed by atoms with Gasteiger partial charge in [-0.3, -0.25) is 0 Å². The maximum atomic E-state index is 6.89. The van der Waals surface area contributed by atoms with Crippen LogP contribution in [0.25, 0.3) is 231 Å². The fourth-order valence-electron chi connectivity index (χ4n) is 18.2. The van der Waals surface area contributed by atoms with E-state index in [1.807, 2.05) is 0 Å². The molecule has 8 nitrogen and oxygen atoms in total. The molecule has 16 aromatic carbocycles. The van der Waals surface area contributed by atoms with Crippen LogP contribution in [0, 0.1) is 0 Å². The molecule has 1 aliphatic rings. The Morgan fingerprint density at radius 3 is 0.810 bits per heavy atom. The molecule has 24 aromatic rings. The zero-order chi connectivity index (χ0) is 68.0. The highest BCUT2D eigenvalue weighted by Crippen LogP contribution is 2.51. The first-order valence-corrected chi connectivity index (χ1v) is 35.8. The molecule has 0 spiro atoms. The van der Waals surface area contributed by atoms with E-state index in [1.165, 1.54) is 49.4 Å². The van der Waals surface area contributed by atoms with Crippen LogP contribution in [-0.2, 0) is 0 Å². The molecule has 105 heavy (non-hydrogen) atoms. The smallest absolute Gasteiger partial charge is 0.178 e. The molecule has 0 N–H and O–H groups in total. The first-order chi connectivity index (χ1) is 52.0. The number of benzene rings is 16. The van der Waals surface area contributed by atoms with Gasteiger partial charge in [0, 0.05) is 103 Å². The minimum absolute atomic E-state index is 0.121. The predicted molar refractivity (Wildman–Crippen MR) is 428 cm³/mol. The van der Waals surface area contributed by atoms with Gasteiger partial charge in [-0.2, -0.15) is 0 Å². The van der Waals surface area contributed by atoms with Crippen molar-refractivity contribution in [2.75, 3.05) is 0 Å². The summed E-state index contributed by atoms with van der Waals surface area (Å²) in [7, 11) is 0. The maximum Gasteiger partial charge on any atom is 0.178 e. The first-order valence-electron chi connectivity index (χ1n) is 35.8. The number of hydrogen-bond acceptors (Lipinski definition) is 6. The van der Waals surface area contributed by atoms with Crippen LogP contribution in [0.1, 0.15) is 22.6 Å². The van der Waals surface area contributed by atoms with Crippen molar-refractivity contribution in [2.24, 2.45) is 0 Å². The van der Waals surface area contributed by atoms with Crippen LogP contribution in [0.2, 0.25) is 0 Å². The van der Waals surface area contributed by atoms with Crippen molar-refractivity contribution in [3.8, 4) is 55.9 Å². The monoisotopic (exact) mass is 1340 g/mol. The summed E-state index contributed by atoms with van der Waals surface area (Å²) >= 11 is 0. The molecule has 0 radical (unpaired) electrons. The predicted octanol–water partition coefficient (Wildman–Crippen LogP) is 27.4. The Hall–Kier alpha value is -14.1. The van der Waals surface area contributed by atoms with Crippen molar-refractivity contribution in [1.29, 1.82) is 0 Å². The van der Waals surface area contributed by atoms with Gasteiger partial charge in [0.25, 0.3) is 0 Å². The lowest BCUT2D eigenvalue weighted by Gasteiger charge is -2.14. The molecule has 0 fully saturated rings. The Labute approximate surface area is 595 Å². The summed E-state index contributed by atoms with van der Waals surface area (Å²) in [5, 5.41) is 17.0. The largest absolute Gasteiger partial charge is 0.452 e. The summed E-state index contributed by atoms with van der Waals surface area (Å²) in [5.41, 5.74) is 28.7. The molecule has 0 bridgehead atoms. The number of fused-ring (bicyclic) bond motifs is 30. The molecule has 0 atom stereocenters. The van der Waals surface area contributed by atoms with Gasteiger partial charge in [0.15, 0.2) is 33.5 Å². The second kappa shape index (κ2) is 20.3. The Kier molecular flexibility index (Phi) is 10.8. The normalized spacial score (nSPS) is 12.9. The number of rotatable bonds is 6. The number of furan rings is 6. The van der Waals surface area contributed by atoms with Crippen molar-refractivity contribution < 1.29 is 26.5 Å². The standard InChI is InChI=1S/C97H52N2O6/c1-3-19-67-61(13-1)62-14-2-4-20-68(62)91(67)55-28-40-88-78(49-55)72-32-31-69-75-46-52(25-37-85(75)100-92(69)95(72)103-88)56-43-57(53-26-38-86-76(47-53)70-33-35-73-79-50-59(29-41-89(79)104-96(73)93(70)101-86)98-81-21-9-5-15-63(81)64-16-6-10-22-82(64)98)45-58(44-56)54-27-39-87-77(48-54)71-34-36-74-80-51-60(30-42-90(80)105-97(74)94(71)102-87)99-83-23-11-7-17-65(83)66-18-8-12-24-84(66)99/h1-51,91H. The lowest BCUT2D eigenvalue weighted by Crippen LogP contribution is -1.98. The summed E-state index contributed by atoms with van der Waals surface area (Å²) in [6.45, 7) is 0. The highest BCUT2D eigenvalue weighted by molar-refractivity contribution is 6.23. The Morgan fingerprint density at radius 1 is 0.190 bits per heavy atom. The lowest BCUT2D eigenvalue weighted by atomic mass is 9.88. The first kappa shape index (κ1) is 55.7. The van der Waals surface area contributed by atoms with Crippen LogP contribution in [0.3, 0.4) is 0 Å². The van der Waals surface area contributed by atoms with Crippen LogP contribution in [0.15, 0.2) is 336 Å². The third kappa shape index (κ3) is 7.68. The van der Waals surface area contributed by atoms with Gasteiger partial charge in [-0.25, -0.2) is 0 Å². The second-order valence-electron chi connectivity index (χ2n) is 28.5. The summed E-state index contributed by atoms with van der Waals surface area (Å²) in [6.07, 6.45) is 0. The van der Waals surface area contributed by atoms with Gasteiger partial charge in [-0.1, -0.05) is 146 Å². The van der Waals surface area contributed by atoms with E-state index in [0.29, 0.717) is 0 Å². The quantitative estimate of drug-likeness (QED) is 0.165. The average molecular weight is 1340 g/mol. The number of aromatic nitrogens is 2. The molecule has 1 aliphatic carbocycles. The summed E-state index contributed by atoms with van der Waals surface area (Å²) in [5.74, 6) is 0.121. The van der Waals surface area contributed by atoms with Crippen LogP contribution >= 0.6 is 0 Å².